The standard InChI is InChI=1S/C11H16N8O/c1-3-14-8(20)7(2)15-10-16-9(12)17-11(18-10)19-5-4-13-6-19/h4-7H,3H2,1-2H3,(H,14,20)(H3,12,15,16,17,18). The molecule has 9 nitrogen and oxygen atoms in total. The molecule has 0 aliphatic rings. The summed E-state index contributed by atoms with van der Waals surface area (Å²) in [5.74, 6) is 0.491. The van der Waals surface area contributed by atoms with Crippen LogP contribution in [-0.4, -0.2) is 43.0 Å². The Morgan fingerprint density at radius 1 is 1.45 bits per heavy atom. The number of carbonyl (C=O) groups is 1. The average molecular weight is 276 g/mol. The predicted molar refractivity (Wildman–Crippen MR) is 73.1 cm³/mol. The molecule has 0 bridgehead atoms. The van der Waals surface area contributed by atoms with E-state index in [1.807, 2.05) is 6.92 Å². The number of nitrogen functional groups attached to an aromatic ring is 1. The number of amides is 1. The van der Waals surface area contributed by atoms with Crippen molar-refractivity contribution in [3.63, 3.8) is 0 Å². The Bertz CT molecular complexity index is 582. The first-order valence-corrected chi connectivity index (χ1v) is 6.14. The first-order valence-electron chi connectivity index (χ1n) is 6.14. The minimum absolute atomic E-state index is 0.0642. The van der Waals surface area contributed by atoms with Crippen LogP contribution >= 0.6 is 0 Å². The Labute approximate surface area is 115 Å². The molecule has 2 aromatic heterocycles. The summed E-state index contributed by atoms with van der Waals surface area (Å²) in [7, 11) is 0. The van der Waals surface area contributed by atoms with Crippen LogP contribution in [0.5, 0.6) is 0 Å². The third-order valence-electron chi connectivity index (χ3n) is 2.47. The highest BCUT2D eigenvalue weighted by Crippen LogP contribution is 2.08. The third-order valence-corrected chi connectivity index (χ3v) is 2.47. The van der Waals surface area contributed by atoms with Gasteiger partial charge in [0.05, 0.1) is 0 Å². The lowest BCUT2D eigenvalue weighted by Gasteiger charge is -2.13. The van der Waals surface area contributed by atoms with Gasteiger partial charge in [0.25, 0.3) is 0 Å². The number of likely N-dealkylation sites (N-methyl/N-ethyl adjacent to an activating group) is 1. The number of hydrogen-bond donors (Lipinski definition) is 3. The molecular weight excluding hydrogens is 260 g/mol. The molecule has 2 heterocycles. The summed E-state index contributed by atoms with van der Waals surface area (Å²) in [4.78, 5) is 27.7. The van der Waals surface area contributed by atoms with Crippen LogP contribution < -0.4 is 16.4 Å². The summed E-state index contributed by atoms with van der Waals surface area (Å²) in [5, 5.41) is 5.58. The molecule has 0 saturated carbocycles. The first-order chi connectivity index (χ1) is 9.60. The number of nitrogens with two attached hydrogens (primary N) is 1. The predicted octanol–water partition coefficient (Wildman–Crippen LogP) is -0.424. The Hall–Kier alpha value is -2.71. The van der Waals surface area contributed by atoms with Crippen molar-refractivity contribution in [2.75, 3.05) is 17.6 Å². The second-order valence-electron chi connectivity index (χ2n) is 4.05. The lowest BCUT2D eigenvalue weighted by atomic mass is 10.3. The zero-order valence-corrected chi connectivity index (χ0v) is 11.2. The maximum Gasteiger partial charge on any atom is 0.242 e. The van der Waals surface area contributed by atoms with Gasteiger partial charge < -0.3 is 16.4 Å². The van der Waals surface area contributed by atoms with Crippen LogP contribution in [0.1, 0.15) is 13.8 Å². The fraction of sp³-hybridized carbons (Fsp3) is 0.364. The molecule has 1 amide bonds. The van der Waals surface area contributed by atoms with Gasteiger partial charge in [-0.2, -0.15) is 15.0 Å². The molecule has 9 heteroatoms. The van der Waals surface area contributed by atoms with E-state index in [9.17, 15) is 4.79 Å². The molecule has 0 aliphatic heterocycles. The lowest BCUT2D eigenvalue weighted by Crippen LogP contribution is -2.37. The summed E-state index contributed by atoms with van der Waals surface area (Å²) in [6.07, 6.45) is 4.84. The van der Waals surface area contributed by atoms with Crippen molar-refractivity contribution in [2.45, 2.75) is 19.9 Å². The van der Waals surface area contributed by atoms with Crippen molar-refractivity contribution in [3.8, 4) is 5.95 Å². The number of hydrogen-bond acceptors (Lipinski definition) is 7. The second-order valence-corrected chi connectivity index (χ2v) is 4.05. The van der Waals surface area contributed by atoms with E-state index in [2.05, 4.69) is 30.6 Å². The van der Waals surface area contributed by atoms with E-state index < -0.39 is 6.04 Å². The van der Waals surface area contributed by atoms with Gasteiger partial charge in [-0.25, -0.2) is 4.98 Å². The molecule has 0 aromatic carbocycles. The molecule has 0 radical (unpaired) electrons. The monoisotopic (exact) mass is 276 g/mol. The van der Waals surface area contributed by atoms with E-state index in [4.69, 9.17) is 5.73 Å². The third kappa shape index (κ3) is 3.19. The van der Waals surface area contributed by atoms with E-state index in [1.54, 1.807) is 30.2 Å². The molecular formula is C11H16N8O. The van der Waals surface area contributed by atoms with E-state index in [-0.39, 0.29) is 17.8 Å². The maximum atomic E-state index is 11.7. The maximum absolute atomic E-state index is 11.7. The van der Waals surface area contributed by atoms with Crippen LogP contribution in [0.15, 0.2) is 18.7 Å². The second kappa shape index (κ2) is 5.95. The molecule has 0 saturated heterocycles. The minimum atomic E-state index is -0.479. The molecule has 2 rings (SSSR count). The molecule has 1 atom stereocenters. The number of anilines is 2. The first kappa shape index (κ1) is 13.7. The summed E-state index contributed by atoms with van der Waals surface area (Å²) < 4.78 is 1.60. The van der Waals surface area contributed by atoms with Gasteiger partial charge in [-0.3, -0.25) is 9.36 Å². The zero-order valence-electron chi connectivity index (χ0n) is 11.2. The quantitative estimate of drug-likeness (QED) is 0.677. The van der Waals surface area contributed by atoms with Gasteiger partial charge in [0.15, 0.2) is 0 Å². The lowest BCUT2D eigenvalue weighted by molar-refractivity contribution is -0.121. The molecule has 0 spiro atoms. The number of nitrogens with zero attached hydrogens (tertiary/aromatic N) is 5. The Balaban J connectivity index is 2.18. The largest absolute Gasteiger partial charge is 0.368 e. The number of carbonyl (C=O) groups excluding carboxylic acids is 1. The van der Waals surface area contributed by atoms with Crippen LogP contribution in [0.3, 0.4) is 0 Å². The van der Waals surface area contributed by atoms with Gasteiger partial charge in [-0.05, 0) is 13.8 Å². The molecule has 2 aromatic rings. The zero-order chi connectivity index (χ0) is 14.5. The van der Waals surface area contributed by atoms with Gasteiger partial charge in [-0.15, -0.1) is 0 Å². The fourth-order valence-electron chi connectivity index (χ4n) is 1.52. The smallest absolute Gasteiger partial charge is 0.242 e. The van der Waals surface area contributed by atoms with Gasteiger partial charge in [0.2, 0.25) is 23.8 Å². The fourth-order valence-corrected chi connectivity index (χ4v) is 1.52. The molecule has 0 aliphatic carbocycles. The molecule has 106 valence electrons. The molecule has 0 fully saturated rings. The summed E-state index contributed by atoms with van der Waals surface area (Å²) in [6, 6.07) is -0.479. The highest BCUT2D eigenvalue weighted by Gasteiger charge is 2.14. The van der Waals surface area contributed by atoms with Gasteiger partial charge >= 0.3 is 0 Å². The normalized spacial score (nSPS) is 11.9. The van der Waals surface area contributed by atoms with Gasteiger partial charge in [-0.1, -0.05) is 0 Å². The van der Waals surface area contributed by atoms with Crippen molar-refractivity contribution in [3.05, 3.63) is 18.7 Å². The van der Waals surface area contributed by atoms with E-state index >= 15 is 0 Å². The highest BCUT2D eigenvalue weighted by atomic mass is 16.2. The average Bonchev–Trinajstić information content (AvgIpc) is 2.92. The van der Waals surface area contributed by atoms with Crippen LogP contribution in [0.25, 0.3) is 5.95 Å². The number of imidazole rings is 1. The number of rotatable bonds is 5. The van der Waals surface area contributed by atoms with E-state index in [0.29, 0.717) is 12.5 Å². The van der Waals surface area contributed by atoms with Crippen molar-refractivity contribution >= 4 is 17.8 Å². The molecule has 20 heavy (non-hydrogen) atoms. The van der Waals surface area contributed by atoms with Crippen LogP contribution in [0, 0.1) is 0 Å². The molecule has 4 N–H and O–H groups in total. The van der Waals surface area contributed by atoms with Gasteiger partial charge in [0.1, 0.15) is 12.4 Å². The van der Waals surface area contributed by atoms with Crippen molar-refractivity contribution < 1.29 is 4.79 Å². The van der Waals surface area contributed by atoms with Crippen molar-refractivity contribution in [1.82, 2.24) is 29.8 Å². The van der Waals surface area contributed by atoms with Gasteiger partial charge in [0, 0.05) is 18.9 Å². The summed E-state index contributed by atoms with van der Waals surface area (Å²) in [6.45, 7) is 4.12. The molecule has 1 unspecified atom stereocenters. The summed E-state index contributed by atoms with van der Waals surface area (Å²) in [5.41, 5.74) is 5.64. The highest BCUT2D eigenvalue weighted by molar-refractivity contribution is 5.83. The van der Waals surface area contributed by atoms with Crippen LogP contribution in [0.2, 0.25) is 0 Å². The Morgan fingerprint density at radius 2 is 2.25 bits per heavy atom. The number of nitrogens with one attached hydrogen (secondary N) is 2. The Morgan fingerprint density at radius 3 is 2.90 bits per heavy atom. The van der Waals surface area contributed by atoms with Crippen molar-refractivity contribution in [1.29, 1.82) is 0 Å². The summed E-state index contributed by atoms with van der Waals surface area (Å²) >= 11 is 0. The van der Waals surface area contributed by atoms with Crippen molar-refractivity contribution in [2.24, 2.45) is 0 Å². The topological polar surface area (TPSA) is 124 Å². The van der Waals surface area contributed by atoms with E-state index in [0.717, 1.165) is 0 Å². The van der Waals surface area contributed by atoms with Crippen LogP contribution in [-0.2, 0) is 4.79 Å². The minimum Gasteiger partial charge on any atom is -0.368 e. The van der Waals surface area contributed by atoms with E-state index in [1.165, 1.54) is 0 Å². The number of aromatic nitrogens is 5. The Kier molecular flexibility index (Phi) is 4.08. The SMILES string of the molecule is CCNC(=O)C(C)Nc1nc(N)nc(-n2ccnc2)n1. The van der Waals surface area contributed by atoms with Crippen LogP contribution in [0.4, 0.5) is 11.9 Å².